The molecule has 1 saturated heterocycles. The highest BCUT2D eigenvalue weighted by atomic mass is 16.2. The van der Waals surface area contributed by atoms with E-state index in [-0.39, 0.29) is 18.0 Å². The number of aromatic nitrogens is 2. The fraction of sp³-hybridized carbons (Fsp3) is 0.526. The molecule has 1 aromatic heterocycles. The van der Waals surface area contributed by atoms with Crippen molar-refractivity contribution in [3.63, 3.8) is 0 Å². The Morgan fingerprint density at radius 1 is 1.30 bits per heavy atom. The van der Waals surface area contributed by atoms with Crippen molar-refractivity contribution in [2.75, 3.05) is 27.2 Å². The number of nitrogens with one attached hydrogen (secondary N) is 2. The minimum absolute atomic E-state index is 0.232. The summed E-state index contributed by atoms with van der Waals surface area (Å²) in [6, 6.07) is 5.15. The SMILES string of the molecule is CNCCCN(C)Cc1cccc2c1n(C)c(=O)n2C1CCC(=O)NC1=O. The number of carbonyl (C=O) groups is 2. The third kappa shape index (κ3) is 3.81. The van der Waals surface area contributed by atoms with Crippen molar-refractivity contribution in [2.45, 2.75) is 31.8 Å². The molecular weight excluding hydrogens is 346 g/mol. The van der Waals surface area contributed by atoms with Crippen LogP contribution in [0.1, 0.15) is 30.9 Å². The summed E-state index contributed by atoms with van der Waals surface area (Å²) >= 11 is 0. The van der Waals surface area contributed by atoms with Crippen molar-refractivity contribution in [3.8, 4) is 0 Å². The zero-order valence-corrected chi connectivity index (χ0v) is 16.1. The summed E-state index contributed by atoms with van der Waals surface area (Å²) in [6.45, 7) is 2.62. The molecule has 0 radical (unpaired) electrons. The van der Waals surface area contributed by atoms with E-state index < -0.39 is 11.9 Å². The van der Waals surface area contributed by atoms with E-state index in [2.05, 4.69) is 22.6 Å². The van der Waals surface area contributed by atoms with Gasteiger partial charge in [-0.1, -0.05) is 12.1 Å². The molecule has 1 aliphatic heterocycles. The maximum atomic E-state index is 12.9. The van der Waals surface area contributed by atoms with E-state index in [1.165, 1.54) is 4.57 Å². The predicted octanol–water partition coefficient (Wildman–Crippen LogP) is 0.359. The van der Waals surface area contributed by atoms with Crippen LogP contribution in [0.2, 0.25) is 0 Å². The van der Waals surface area contributed by atoms with Crippen LogP contribution in [-0.4, -0.2) is 53.0 Å². The van der Waals surface area contributed by atoms with Crippen LogP contribution in [0.25, 0.3) is 11.0 Å². The summed E-state index contributed by atoms with van der Waals surface area (Å²) in [5, 5.41) is 5.49. The van der Waals surface area contributed by atoms with Crippen LogP contribution in [0.15, 0.2) is 23.0 Å². The van der Waals surface area contributed by atoms with Gasteiger partial charge in [-0.2, -0.15) is 0 Å². The minimum Gasteiger partial charge on any atom is -0.320 e. The number of hydrogen-bond acceptors (Lipinski definition) is 5. The van der Waals surface area contributed by atoms with Gasteiger partial charge in [0.15, 0.2) is 0 Å². The molecule has 2 N–H and O–H groups in total. The Labute approximate surface area is 158 Å². The summed E-state index contributed by atoms with van der Waals surface area (Å²) in [7, 11) is 5.73. The van der Waals surface area contributed by atoms with Crippen LogP contribution in [0, 0.1) is 0 Å². The average Bonchev–Trinajstić information content (AvgIpc) is 2.88. The van der Waals surface area contributed by atoms with Gasteiger partial charge in [0.2, 0.25) is 11.8 Å². The number of nitrogens with zero attached hydrogens (tertiary/aromatic N) is 3. The lowest BCUT2D eigenvalue weighted by atomic mass is 10.1. The fourth-order valence-corrected chi connectivity index (χ4v) is 3.77. The quantitative estimate of drug-likeness (QED) is 0.540. The molecule has 8 nitrogen and oxygen atoms in total. The van der Waals surface area contributed by atoms with E-state index in [1.807, 2.05) is 25.2 Å². The number of para-hydroxylation sites is 1. The molecule has 1 unspecified atom stereocenters. The number of piperidine rings is 1. The molecule has 3 rings (SSSR count). The van der Waals surface area contributed by atoms with Gasteiger partial charge < -0.3 is 10.2 Å². The number of carbonyl (C=O) groups excluding carboxylic acids is 2. The van der Waals surface area contributed by atoms with Crippen molar-refractivity contribution in [2.24, 2.45) is 7.05 Å². The maximum Gasteiger partial charge on any atom is 0.329 e. The van der Waals surface area contributed by atoms with Crippen LogP contribution in [0.3, 0.4) is 0 Å². The first-order valence-corrected chi connectivity index (χ1v) is 9.29. The van der Waals surface area contributed by atoms with Crippen molar-refractivity contribution in [1.82, 2.24) is 24.7 Å². The molecule has 1 aliphatic rings. The van der Waals surface area contributed by atoms with Gasteiger partial charge in [0.05, 0.1) is 11.0 Å². The molecule has 1 aromatic carbocycles. The van der Waals surface area contributed by atoms with Gasteiger partial charge in [0.1, 0.15) is 6.04 Å². The lowest BCUT2D eigenvalue weighted by molar-refractivity contribution is -0.135. The standard InChI is InChI=1S/C19H27N5O3/c1-20-10-5-11-22(2)12-13-6-4-7-14-17(13)23(3)19(27)24(14)15-8-9-16(25)21-18(15)26/h4,6-7,15,20H,5,8-12H2,1-3H3,(H,21,25,26). The molecule has 27 heavy (non-hydrogen) atoms. The number of rotatable bonds is 7. The Hall–Kier alpha value is -2.45. The zero-order chi connectivity index (χ0) is 19.6. The Morgan fingerprint density at radius 3 is 2.78 bits per heavy atom. The molecule has 0 bridgehead atoms. The molecule has 2 aromatic rings. The normalized spacial score (nSPS) is 17.7. The number of aryl methyl sites for hydroxylation is 1. The van der Waals surface area contributed by atoms with Gasteiger partial charge in [0.25, 0.3) is 0 Å². The van der Waals surface area contributed by atoms with Gasteiger partial charge in [-0.25, -0.2) is 4.79 Å². The van der Waals surface area contributed by atoms with Crippen molar-refractivity contribution < 1.29 is 9.59 Å². The van der Waals surface area contributed by atoms with Gasteiger partial charge in [0, 0.05) is 20.0 Å². The predicted molar refractivity (Wildman–Crippen MR) is 103 cm³/mol. The number of imidazole rings is 1. The number of benzene rings is 1. The second kappa shape index (κ2) is 8.06. The Kier molecular flexibility index (Phi) is 5.76. The molecule has 2 amide bonds. The van der Waals surface area contributed by atoms with Crippen LogP contribution in [0.4, 0.5) is 0 Å². The summed E-state index contributed by atoms with van der Waals surface area (Å²) in [5.74, 6) is -0.691. The first kappa shape index (κ1) is 19.3. The Balaban J connectivity index is 1.96. The second-order valence-electron chi connectivity index (χ2n) is 7.16. The van der Waals surface area contributed by atoms with Crippen LogP contribution < -0.4 is 16.3 Å². The monoisotopic (exact) mass is 373 g/mol. The van der Waals surface area contributed by atoms with E-state index in [4.69, 9.17) is 0 Å². The van der Waals surface area contributed by atoms with Gasteiger partial charge in [-0.15, -0.1) is 0 Å². The van der Waals surface area contributed by atoms with E-state index in [9.17, 15) is 14.4 Å². The highest BCUT2D eigenvalue weighted by Gasteiger charge is 2.31. The van der Waals surface area contributed by atoms with E-state index in [1.54, 1.807) is 11.6 Å². The summed E-state index contributed by atoms with van der Waals surface area (Å²) in [5.41, 5.74) is 2.39. The number of hydrogen-bond donors (Lipinski definition) is 2. The molecule has 0 spiro atoms. The summed E-state index contributed by atoms with van der Waals surface area (Å²) in [6.07, 6.45) is 1.63. The average molecular weight is 373 g/mol. The van der Waals surface area contributed by atoms with Crippen LogP contribution in [-0.2, 0) is 23.2 Å². The van der Waals surface area contributed by atoms with Gasteiger partial charge in [-0.05, 0) is 51.7 Å². The fourth-order valence-electron chi connectivity index (χ4n) is 3.77. The van der Waals surface area contributed by atoms with E-state index in [0.29, 0.717) is 13.0 Å². The summed E-state index contributed by atoms with van der Waals surface area (Å²) in [4.78, 5) is 38.9. The van der Waals surface area contributed by atoms with Gasteiger partial charge in [-0.3, -0.25) is 24.0 Å². The molecule has 8 heteroatoms. The van der Waals surface area contributed by atoms with Crippen molar-refractivity contribution in [3.05, 3.63) is 34.2 Å². The third-order valence-electron chi connectivity index (χ3n) is 5.11. The molecule has 146 valence electrons. The third-order valence-corrected chi connectivity index (χ3v) is 5.11. The highest BCUT2D eigenvalue weighted by molar-refractivity contribution is 6.00. The number of imide groups is 1. The first-order chi connectivity index (χ1) is 12.9. The molecule has 1 fully saturated rings. The highest BCUT2D eigenvalue weighted by Crippen LogP contribution is 2.25. The van der Waals surface area contributed by atoms with Crippen LogP contribution in [0.5, 0.6) is 0 Å². The van der Waals surface area contributed by atoms with E-state index in [0.717, 1.165) is 36.1 Å². The second-order valence-corrected chi connectivity index (χ2v) is 7.16. The van der Waals surface area contributed by atoms with E-state index >= 15 is 0 Å². The maximum absolute atomic E-state index is 12.9. The van der Waals surface area contributed by atoms with Crippen LogP contribution >= 0.6 is 0 Å². The smallest absolute Gasteiger partial charge is 0.320 e. The topological polar surface area (TPSA) is 88.4 Å². The lowest BCUT2D eigenvalue weighted by Gasteiger charge is -2.22. The molecule has 0 saturated carbocycles. The number of amides is 2. The minimum atomic E-state index is -0.650. The first-order valence-electron chi connectivity index (χ1n) is 9.29. The summed E-state index contributed by atoms with van der Waals surface area (Å²) < 4.78 is 3.14. The van der Waals surface area contributed by atoms with Crippen molar-refractivity contribution >= 4 is 22.8 Å². The molecule has 2 heterocycles. The largest absolute Gasteiger partial charge is 0.329 e. The number of fused-ring (bicyclic) bond motifs is 1. The Bertz CT molecular complexity index is 914. The lowest BCUT2D eigenvalue weighted by Crippen LogP contribution is -2.44. The molecular formula is C19H27N5O3. The Morgan fingerprint density at radius 2 is 2.07 bits per heavy atom. The molecule has 1 atom stereocenters. The van der Waals surface area contributed by atoms with Crippen molar-refractivity contribution in [1.29, 1.82) is 0 Å². The zero-order valence-electron chi connectivity index (χ0n) is 16.1. The molecule has 0 aliphatic carbocycles. The van der Waals surface area contributed by atoms with Gasteiger partial charge >= 0.3 is 5.69 Å².